The first-order valence-electron chi connectivity index (χ1n) is 6.41. The summed E-state index contributed by atoms with van der Waals surface area (Å²) in [7, 11) is 0. The molecule has 1 atom stereocenters. The quantitative estimate of drug-likeness (QED) is 0.894. The van der Waals surface area contributed by atoms with Gasteiger partial charge in [-0.3, -0.25) is 0 Å². The Bertz CT molecular complexity index is 386. The average molecular weight is 300 g/mol. The molecular formula is C14H19BrFN. The Balaban J connectivity index is 2.15. The molecule has 1 saturated heterocycles. The summed E-state index contributed by atoms with van der Waals surface area (Å²) in [5.74, 6) is -0.0884. The molecule has 1 nitrogen and oxygen atoms in total. The Morgan fingerprint density at radius 1 is 1.41 bits per heavy atom. The SMILES string of the molecule is CCc1cc(Br)c(F)c(CC2CCCCN2)c1. The van der Waals surface area contributed by atoms with Crippen LogP contribution in [0.2, 0.25) is 0 Å². The van der Waals surface area contributed by atoms with E-state index in [9.17, 15) is 4.39 Å². The zero-order valence-electron chi connectivity index (χ0n) is 10.2. The predicted octanol–water partition coefficient (Wildman–Crippen LogP) is 3.84. The number of aryl methyl sites for hydroxylation is 1. The molecule has 1 unspecified atom stereocenters. The second-order valence-electron chi connectivity index (χ2n) is 4.76. The van der Waals surface area contributed by atoms with Crippen LogP contribution in [-0.4, -0.2) is 12.6 Å². The molecule has 0 aromatic heterocycles. The lowest BCUT2D eigenvalue weighted by Crippen LogP contribution is -2.35. The van der Waals surface area contributed by atoms with Crippen LogP contribution < -0.4 is 5.32 Å². The molecule has 0 aliphatic carbocycles. The highest BCUT2D eigenvalue weighted by Gasteiger charge is 2.16. The zero-order chi connectivity index (χ0) is 12.3. The molecule has 0 spiro atoms. The molecule has 0 amide bonds. The number of nitrogens with one attached hydrogen (secondary N) is 1. The Kier molecular flexibility index (Phi) is 4.57. The molecule has 1 aliphatic rings. The van der Waals surface area contributed by atoms with E-state index < -0.39 is 0 Å². The fourth-order valence-corrected chi connectivity index (χ4v) is 2.97. The van der Waals surface area contributed by atoms with Crippen LogP contribution in [0, 0.1) is 5.82 Å². The Morgan fingerprint density at radius 3 is 2.88 bits per heavy atom. The maximum absolute atomic E-state index is 14.0. The molecule has 1 heterocycles. The van der Waals surface area contributed by atoms with E-state index in [-0.39, 0.29) is 5.82 Å². The topological polar surface area (TPSA) is 12.0 Å². The van der Waals surface area contributed by atoms with E-state index >= 15 is 0 Å². The van der Waals surface area contributed by atoms with Crippen molar-refractivity contribution in [3.05, 3.63) is 33.5 Å². The first-order chi connectivity index (χ1) is 8.20. The monoisotopic (exact) mass is 299 g/mol. The minimum atomic E-state index is -0.0884. The lowest BCUT2D eigenvalue weighted by molar-refractivity contribution is 0.395. The van der Waals surface area contributed by atoms with Crippen LogP contribution >= 0.6 is 15.9 Å². The van der Waals surface area contributed by atoms with Crippen LogP contribution in [0.5, 0.6) is 0 Å². The molecule has 0 radical (unpaired) electrons. The molecule has 1 aliphatic heterocycles. The minimum Gasteiger partial charge on any atom is -0.314 e. The van der Waals surface area contributed by atoms with Crippen molar-refractivity contribution in [2.24, 2.45) is 0 Å². The zero-order valence-corrected chi connectivity index (χ0v) is 11.8. The van der Waals surface area contributed by atoms with Gasteiger partial charge in [0.2, 0.25) is 0 Å². The predicted molar refractivity (Wildman–Crippen MR) is 72.8 cm³/mol. The molecule has 0 saturated carbocycles. The molecule has 1 N–H and O–H groups in total. The molecule has 94 valence electrons. The fraction of sp³-hybridized carbons (Fsp3) is 0.571. The number of halogens is 2. The summed E-state index contributed by atoms with van der Waals surface area (Å²) in [6, 6.07) is 4.33. The molecule has 2 rings (SSSR count). The van der Waals surface area contributed by atoms with Crippen molar-refractivity contribution in [1.29, 1.82) is 0 Å². The van der Waals surface area contributed by atoms with Gasteiger partial charge in [-0.25, -0.2) is 4.39 Å². The van der Waals surface area contributed by atoms with Gasteiger partial charge in [0.25, 0.3) is 0 Å². The van der Waals surface area contributed by atoms with Crippen molar-refractivity contribution >= 4 is 15.9 Å². The van der Waals surface area contributed by atoms with Gasteiger partial charge in [-0.15, -0.1) is 0 Å². The van der Waals surface area contributed by atoms with Gasteiger partial charge in [-0.2, -0.15) is 0 Å². The Labute approximate surface area is 111 Å². The summed E-state index contributed by atoms with van der Waals surface area (Å²) in [5, 5.41) is 3.47. The standard InChI is InChI=1S/C14H19BrFN/c1-2-10-7-11(14(16)13(15)8-10)9-12-5-3-4-6-17-12/h7-8,12,17H,2-6,9H2,1H3. The number of hydrogen-bond donors (Lipinski definition) is 1. The highest BCUT2D eigenvalue weighted by Crippen LogP contribution is 2.24. The fourth-order valence-electron chi connectivity index (χ4n) is 2.42. The maximum Gasteiger partial charge on any atom is 0.140 e. The normalized spacial score (nSPS) is 20.5. The van der Waals surface area contributed by atoms with Crippen molar-refractivity contribution in [3.8, 4) is 0 Å². The van der Waals surface area contributed by atoms with Crippen LogP contribution in [0.1, 0.15) is 37.3 Å². The van der Waals surface area contributed by atoms with Crippen molar-refractivity contribution in [2.45, 2.75) is 45.1 Å². The first kappa shape index (κ1) is 13.0. The molecule has 1 fully saturated rings. The molecular weight excluding hydrogens is 281 g/mol. The van der Waals surface area contributed by atoms with Gasteiger partial charge >= 0.3 is 0 Å². The van der Waals surface area contributed by atoms with E-state index in [1.54, 1.807) is 0 Å². The summed E-state index contributed by atoms with van der Waals surface area (Å²) < 4.78 is 14.6. The van der Waals surface area contributed by atoms with Crippen molar-refractivity contribution in [1.82, 2.24) is 5.32 Å². The van der Waals surface area contributed by atoms with E-state index in [0.717, 1.165) is 31.4 Å². The summed E-state index contributed by atoms with van der Waals surface area (Å²) in [6.07, 6.45) is 5.42. The molecule has 3 heteroatoms. The van der Waals surface area contributed by atoms with Crippen LogP contribution in [-0.2, 0) is 12.8 Å². The lowest BCUT2D eigenvalue weighted by Gasteiger charge is -2.24. The van der Waals surface area contributed by atoms with Gasteiger partial charge in [0.05, 0.1) is 4.47 Å². The highest BCUT2D eigenvalue weighted by atomic mass is 79.9. The highest BCUT2D eigenvalue weighted by molar-refractivity contribution is 9.10. The summed E-state index contributed by atoms with van der Waals surface area (Å²) in [4.78, 5) is 0. The van der Waals surface area contributed by atoms with Gasteiger partial charge in [0.15, 0.2) is 0 Å². The second-order valence-corrected chi connectivity index (χ2v) is 5.61. The van der Waals surface area contributed by atoms with Gasteiger partial charge in [0, 0.05) is 6.04 Å². The third kappa shape index (κ3) is 3.29. The largest absolute Gasteiger partial charge is 0.314 e. The molecule has 0 bridgehead atoms. The van der Waals surface area contributed by atoms with E-state index in [1.165, 1.54) is 18.4 Å². The van der Waals surface area contributed by atoms with Gasteiger partial charge in [0.1, 0.15) is 5.82 Å². The maximum atomic E-state index is 14.0. The van der Waals surface area contributed by atoms with Crippen LogP contribution in [0.4, 0.5) is 4.39 Å². The molecule has 1 aromatic carbocycles. The minimum absolute atomic E-state index is 0.0884. The number of hydrogen-bond acceptors (Lipinski definition) is 1. The van der Waals surface area contributed by atoms with E-state index in [0.29, 0.717) is 10.5 Å². The number of rotatable bonds is 3. The van der Waals surface area contributed by atoms with E-state index in [1.807, 2.05) is 12.1 Å². The van der Waals surface area contributed by atoms with Gasteiger partial charge in [-0.05, 0) is 65.4 Å². The third-order valence-electron chi connectivity index (χ3n) is 3.45. The van der Waals surface area contributed by atoms with Crippen LogP contribution in [0.3, 0.4) is 0 Å². The Hall–Kier alpha value is -0.410. The lowest BCUT2D eigenvalue weighted by atomic mass is 9.96. The summed E-state index contributed by atoms with van der Waals surface area (Å²) in [5.41, 5.74) is 2.04. The molecule has 1 aromatic rings. The van der Waals surface area contributed by atoms with Crippen LogP contribution in [0.25, 0.3) is 0 Å². The van der Waals surface area contributed by atoms with Crippen molar-refractivity contribution in [2.75, 3.05) is 6.54 Å². The second kappa shape index (κ2) is 5.96. The van der Waals surface area contributed by atoms with Gasteiger partial charge in [-0.1, -0.05) is 19.4 Å². The van der Waals surface area contributed by atoms with E-state index in [2.05, 4.69) is 28.2 Å². The third-order valence-corrected chi connectivity index (χ3v) is 4.03. The molecule has 17 heavy (non-hydrogen) atoms. The van der Waals surface area contributed by atoms with E-state index in [4.69, 9.17) is 0 Å². The first-order valence-corrected chi connectivity index (χ1v) is 7.20. The number of benzene rings is 1. The van der Waals surface area contributed by atoms with Crippen LogP contribution in [0.15, 0.2) is 16.6 Å². The smallest absolute Gasteiger partial charge is 0.140 e. The van der Waals surface area contributed by atoms with Gasteiger partial charge < -0.3 is 5.32 Å². The Morgan fingerprint density at radius 2 is 2.24 bits per heavy atom. The summed E-state index contributed by atoms with van der Waals surface area (Å²) >= 11 is 3.31. The number of piperidine rings is 1. The average Bonchev–Trinajstić information content (AvgIpc) is 2.36. The van der Waals surface area contributed by atoms with Crippen molar-refractivity contribution < 1.29 is 4.39 Å². The summed E-state index contributed by atoms with van der Waals surface area (Å²) in [6.45, 7) is 3.17. The van der Waals surface area contributed by atoms with Crippen molar-refractivity contribution in [3.63, 3.8) is 0 Å².